The number of methoxy groups -OCH3 is 1. The minimum Gasteiger partial charge on any atom is -0.497 e. The molecule has 9 nitrogen and oxygen atoms in total. The summed E-state index contributed by atoms with van der Waals surface area (Å²) in [6.07, 6.45) is -2.33. The summed E-state index contributed by atoms with van der Waals surface area (Å²) in [5.41, 5.74) is 0.627. The summed E-state index contributed by atoms with van der Waals surface area (Å²) >= 11 is 0. The van der Waals surface area contributed by atoms with Gasteiger partial charge in [-0.3, -0.25) is 4.40 Å². The van der Waals surface area contributed by atoms with Crippen molar-refractivity contribution in [2.45, 2.75) is 46.0 Å². The number of ether oxygens (including phenoxy) is 2. The van der Waals surface area contributed by atoms with Gasteiger partial charge < -0.3 is 9.47 Å². The van der Waals surface area contributed by atoms with Crippen LogP contribution in [0.1, 0.15) is 37.9 Å². The third kappa shape index (κ3) is 4.47. The van der Waals surface area contributed by atoms with Gasteiger partial charge in [0.25, 0.3) is 5.82 Å². The lowest BCUT2D eigenvalue weighted by Gasteiger charge is -2.19. The number of alkyl halides is 3. The molecule has 0 aliphatic rings. The van der Waals surface area contributed by atoms with Crippen molar-refractivity contribution in [1.29, 1.82) is 0 Å². The summed E-state index contributed by atoms with van der Waals surface area (Å²) in [6.45, 7) is 6.89. The van der Waals surface area contributed by atoms with Crippen molar-refractivity contribution in [3.05, 3.63) is 53.7 Å². The van der Waals surface area contributed by atoms with Crippen LogP contribution in [0.25, 0.3) is 17.3 Å². The molecular formula is C22H23F3N6O3. The molecule has 34 heavy (non-hydrogen) atoms. The second-order valence-electron chi connectivity index (χ2n) is 8.63. The first-order chi connectivity index (χ1) is 15.9. The van der Waals surface area contributed by atoms with Crippen molar-refractivity contribution in [3.63, 3.8) is 0 Å². The molecule has 3 aromatic heterocycles. The summed E-state index contributed by atoms with van der Waals surface area (Å²) < 4.78 is 54.8. The standard InChI is InChI=1S/C22H23F3N6O3/c1-13-16(26-19-29(13)10-11-30(19)20(32)34-21(2,3)4)17-27-18(22(23,24)25)28-31(17)12-14-6-8-15(33-5)9-7-14/h6-11H,12H2,1-5H3. The molecule has 12 heteroatoms. The summed E-state index contributed by atoms with van der Waals surface area (Å²) in [5, 5.41) is 3.70. The number of halogens is 3. The highest BCUT2D eigenvalue weighted by molar-refractivity contribution is 5.76. The molecule has 0 bridgehead atoms. The molecule has 0 fully saturated rings. The molecule has 0 amide bonds. The fraction of sp³-hybridized carbons (Fsp3) is 0.364. The minimum absolute atomic E-state index is 0.0235. The molecule has 0 radical (unpaired) electrons. The largest absolute Gasteiger partial charge is 0.497 e. The number of aromatic nitrogens is 6. The van der Waals surface area contributed by atoms with Crippen LogP contribution in [-0.2, 0) is 17.5 Å². The molecular weight excluding hydrogens is 453 g/mol. The van der Waals surface area contributed by atoms with E-state index in [0.29, 0.717) is 17.0 Å². The quantitative estimate of drug-likeness (QED) is 0.429. The molecule has 3 heterocycles. The maximum Gasteiger partial charge on any atom is 0.453 e. The number of carbonyl (C=O) groups excluding carboxylic acids is 1. The molecule has 4 aromatic rings. The Morgan fingerprint density at radius 3 is 2.32 bits per heavy atom. The predicted molar refractivity (Wildman–Crippen MR) is 116 cm³/mol. The third-order valence-electron chi connectivity index (χ3n) is 4.93. The first kappa shape index (κ1) is 23.3. The SMILES string of the molecule is COc1ccc(Cn2nc(C(F)(F)F)nc2-c2nc3n(C(=O)OC(C)(C)C)ccn3c2C)cc1. The van der Waals surface area contributed by atoms with E-state index in [1.165, 1.54) is 17.9 Å². The van der Waals surface area contributed by atoms with Gasteiger partial charge in [0.2, 0.25) is 5.78 Å². The second-order valence-corrected chi connectivity index (χ2v) is 8.63. The van der Waals surface area contributed by atoms with Gasteiger partial charge in [-0.05, 0) is 45.4 Å². The van der Waals surface area contributed by atoms with Gasteiger partial charge in [0.15, 0.2) is 5.82 Å². The van der Waals surface area contributed by atoms with E-state index in [2.05, 4.69) is 15.1 Å². The zero-order valence-corrected chi connectivity index (χ0v) is 19.2. The summed E-state index contributed by atoms with van der Waals surface area (Å²) in [5.74, 6) is -0.536. The molecule has 0 saturated carbocycles. The van der Waals surface area contributed by atoms with Crippen molar-refractivity contribution < 1.29 is 27.4 Å². The highest BCUT2D eigenvalue weighted by Crippen LogP contribution is 2.31. The Kier molecular flexibility index (Phi) is 5.62. The topological polar surface area (TPSA) is 88.5 Å². The Labute approximate surface area is 192 Å². The number of hydrogen-bond donors (Lipinski definition) is 0. The van der Waals surface area contributed by atoms with Crippen molar-refractivity contribution in [2.24, 2.45) is 0 Å². The smallest absolute Gasteiger partial charge is 0.453 e. The van der Waals surface area contributed by atoms with Gasteiger partial charge in [0.1, 0.15) is 17.0 Å². The molecule has 0 aliphatic heterocycles. The zero-order chi connectivity index (χ0) is 24.8. The monoisotopic (exact) mass is 476 g/mol. The number of imidazole rings is 2. The Balaban J connectivity index is 1.79. The number of benzene rings is 1. The van der Waals surface area contributed by atoms with Crippen LogP contribution >= 0.6 is 0 Å². The van der Waals surface area contributed by atoms with E-state index in [0.717, 1.165) is 4.68 Å². The molecule has 180 valence electrons. The predicted octanol–water partition coefficient (Wildman–Crippen LogP) is 4.56. The zero-order valence-electron chi connectivity index (χ0n) is 19.2. The van der Waals surface area contributed by atoms with Gasteiger partial charge in [0.05, 0.1) is 19.3 Å². The Hall–Kier alpha value is -3.83. The van der Waals surface area contributed by atoms with Crippen LogP contribution in [0.15, 0.2) is 36.7 Å². The molecule has 0 aliphatic carbocycles. The van der Waals surface area contributed by atoms with E-state index in [1.54, 1.807) is 62.6 Å². The van der Waals surface area contributed by atoms with E-state index in [1.807, 2.05) is 0 Å². The Morgan fingerprint density at radius 1 is 1.06 bits per heavy atom. The molecule has 0 N–H and O–H groups in total. The lowest BCUT2D eigenvalue weighted by atomic mass is 10.2. The number of rotatable bonds is 4. The molecule has 0 saturated heterocycles. The van der Waals surface area contributed by atoms with E-state index in [-0.39, 0.29) is 23.8 Å². The lowest BCUT2D eigenvalue weighted by molar-refractivity contribution is -0.144. The van der Waals surface area contributed by atoms with Crippen LogP contribution in [0.3, 0.4) is 0 Å². The van der Waals surface area contributed by atoms with Gasteiger partial charge in [-0.2, -0.15) is 13.2 Å². The van der Waals surface area contributed by atoms with E-state index >= 15 is 0 Å². The fourth-order valence-electron chi connectivity index (χ4n) is 3.36. The van der Waals surface area contributed by atoms with Crippen LogP contribution in [0, 0.1) is 6.92 Å². The molecule has 4 rings (SSSR count). The fourth-order valence-corrected chi connectivity index (χ4v) is 3.36. The normalized spacial score (nSPS) is 12.4. The van der Waals surface area contributed by atoms with E-state index in [9.17, 15) is 18.0 Å². The number of nitrogens with zero attached hydrogens (tertiary/aromatic N) is 6. The second kappa shape index (κ2) is 8.19. The first-order valence-corrected chi connectivity index (χ1v) is 10.3. The van der Waals surface area contributed by atoms with Gasteiger partial charge in [-0.25, -0.2) is 24.0 Å². The van der Waals surface area contributed by atoms with Gasteiger partial charge in [0, 0.05) is 12.4 Å². The molecule has 1 aromatic carbocycles. The van der Waals surface area contributed by atoms with Gasteiger partial charge in [-0.15, -0.1) is 5.10 Å². The number of hydrogen-bond acceptors (Lipinski definition) is 6. The Bertz CT molecular complexity index is 1340. The van der Waals surface area contributed by atoms with Crippen LogP contribution in [-0.4, -0.2) is 47.5 Å². The van der Waals surface area contributed by atoms with Gasteiger partial charge in [-0.1, -0.05) is 12.1 Å². The summed E-state index contributed by atoms with van der Waals surface area (Å²) in [4.78, 5) is 20.8. The van der Waals surface area contributed by atoms with Crippen molar-refractivity contribution in [2.75, 3.05) is 7.11 Å². The molecule has 0 unspecified atom stereocenters. The van der Waals surface area contributed by atoms with Gasteiger partial charge >= 0.3 is 12.3 Å². The van der Waals surface area contributed by atoms with Crippen molar-refractivity contribution >= 4 is 11.9 Å². The average molecular weight is 476 g/mol. The lowest BCUT2D eigenvalue weighted by Crippen LogP contribution is -2.26. The molecule has 0 spiro atoms. The maximum atomic E-state index is 13.5. The van der Waals surface area contributed by atoms with Crippen molar-refractivity contribution in [3.8, 4) is 17.3 Å². The minimum atomic E-state index is -4.74. The summed E-state index contributed by atoms with van der Waals surface area (Å²) in [7, 11) is 1.52. The average Bonchev–Trinajstić information content (AvgIpc) is 3.42. The van der Waals surface area contributed by atoms with Crippen LogP contribution in [0.2, 0.25) is 0 Å². The number of fused-ring (bicyclic) bond motifs is 1. The third-order valence-corrected chi connectivity index (χ3v) is 4.93. The maximum absolute atomic E-state index is 13.5. The van der Waals surface area contributed by atoms with E-state index < -0.39 is 23.7 Å². The Morgan fingerprint density at radius 2 is 1.74 bits per heavy atom. The van der Waals surface area contributed by atoms with Crippen LogP contribution < -0.4 is 4.74 Å². The van der Waals surface area contributed by atoms with Crippen LogP contribution in [0.5, 0.6) is 5.75 Å². The number of aryl methyl sites for hydroxylation is 1. The first-order valence-electron chi connectivity index (χ1n) is 10.3. The van der Waals surface area contributed by atoms with Crippen LogP contribution in [0.4, 0.5) is 18.0 Å². The molecule has 0 atom stereocenters. The highest BCUT2D eigenvalue weighted by Gasteiger charge is 2.38. The highest BCUT2D eigenvalue weighted by atomic mass is 19.4. The van der Waals surface area contributed by atoms with E-state index in [4.69, 9.17) is 9.47 Å². The summed E-state index contributed by atoms with van der Waals surface area (Å²) in [6, 6.07) is 6.86. The number of carbonyl (C=O) groups is 1. The van der Waals surface area contributed by atoms with Crippen molar-refractivity contribution in [1.82, 2.24) is 28.7 Å².